The summed E-state index contributed by atoms with van der Waals surface area (Å²) in [6, 6.07) is 15.9. The molecule has 0 aliphatic heterocycles. The van der Waals surface area contributed by atoms with Gasteiger partial charge in [0.1, 0.15) is 30.0 Å². The van der Waals surface area contributed by atoms with Crippen molar-refractivity contribution in [1.29, 1.82) is 0 Å². The monoisotopic (exact) mass is 348 g/mol. The predicted molar refractivity (Wildman–Crippen MR) is 101 cm³/mol. The SMILES string of the molecule is CCOCc1nc2cnc3cc(OCc4ccccc4)ccc3c2n1N. The van der Waals surface area contributed by atoms with Crippen molar-refractivity contribution in [3.05, 3.63) is 66.1 Å². The van der Waals surface area contributed by atoms with Gasteiger partial charge in [-0.2, -0.15) is 0 Å². The van der Waals surface area contributed by atoms with Gasteiger partial charge in [0.05, 0.1) is 11.7 Å². The molecule has 2 aromatic carbocycles. The summed E-state index contributed by atoms with van der Waals surface area (Å²) >= 11 is 0. The van der Waals surface area contributed by atoms with Crippen molar-refractivity contribution in [2.75, 3.05) is 12.4 Å². The van der Waals surface area contributed by atoms with Crippen LogP contribution in [0.3, 0.4) is 0 Å². The first-order valence-corrected chi connectivity index (χ1v) is 8.56. The number of pyridine rings is 1. The van der Waals surface area contributed by atoms with E-state index < -0.39 is 0 Å². The number of fused-ring (bicyclic) bond motifs is 3. The van der Waals surface area contributed by atoms with Crippen LogP contribution in [0.15, 0.2) is 54.7 Å². The lowest BCUT2D eigenvalue weighted by Gasteiger charge is -2.08. The van der Waals surface area contributed by atoms with Gasteiger partial charge >= 0.3 is 0 Å². The minimum atomic E-state index is 0.376. The van der Waals surface area contributed by atoms with Crippen LogP contribution in [0.5, 0.6) is 5.75 Å². The van der Waals surface area contributed by atoms with E-state index in [-0.39, 0.29) is 0 Å². The molecule has 0 aliphatic rings. The second-order valence-corrected chi connectivity index (χ2v) is 5.98. The molecule has 0 radical (unpaired) electrons. The number of hydrogen-bond acceptors (Lipinski definition) is 5. The van der Waals surface area contributed by atoms with Gasteiger partial charge in [-0.3, -0.25) is 4.98 Å². The summed E-state index contributed by atoms with van der Waals surface area (Å²) in [4.78, 5) is 9.03. The summed E-state index contributed by atoms with van der Waals surface area (Å²) in [6.45, 7) is 3.45. The number of nitrogen functional groups attached to an aromatic ring is 1. The van der Waals surface area contributed by atoms with Crippen molar-refractivity contribution in [2.45, 2.75) is 20.1 Å². The Hall–Kier alpha value is -3.12. The molecule has 6 heteroatoms. The Morgan fingerprint density at radius 1 is 1.04 bits per heavy atom. The molecule has 4 aromatic rings. The summed E-state index contributed by atoms with van der Waals surface area (Å²) in [6.07, 6.45) is 1.73. The third kappa shape index (κ3) is 3.07. The lowest BCUT2D eigenvalue weighted by molar-refractivity contribution is 0.127. The third-order valence-corrected chi connectivity index (χ3v) is 4.24. The van der Waals surface area contributed by atoms with Gasteiger partial charge < -0.3 is 15.3 Å². The minimum Gasteiger partial charge on any atom is -0.489 e. The summed E-state index contributed by atoms with van der Waals surface area (Å²) in [5, 5.41) is 0.937. The average Bonchev–Trinajstić information content (AvgIpc) is 3.01. The van der Waals surface area contributed by atoms with Gasteiger partial charge in [-0.1, -0.05) is 30.3 Å². The van der Waals surface area contributed by atoms with Gasteiger partial charge in [0.2, 0.25) is 0 Å². The highest BCUT2D eigenvalue weighted by atomic mass is 16.5. The first kappa shape index (κ1) is 16.4. The molecule has 0 unspecified atom stereocenters. The molecule has 132 valence electrons. The standard InChI is InChI=1S/C20H20N4O2/c1-2-25-13-19-23-18-11-22-17-10-15(8-9-16(17)20(18)24(19)21)26-12-14-6-4-3-5-7-14/h3-11H,2,12-13,21H2,1H3. The highest BCUT2D eigenvalue weighted by molar-refractivity contribution is 6.02. The normalized spacial score (nSPS) is 11.3. The van der Waals surface area contributed by atoms with E-state index in [1.54, 1.807) is 10.9 Å². The maximum absolute atomic E-state index is 6.23. The minimum absolute atomic E-state index is 0.376. The van der Waals surface area contributed by atoms with E-state index in [1.807, 2.05) is 55.5 Å². The number of hydrogen-bond donors (Lipinski definition) is 1. The van der Waals surface area contributed by atoms with Gasteiger partial charge in [-0.25, -0.2) is 9.66 Å². The van der Waals surface area contributed by atoms with Crippen LogP contribution in [0, 0.1) is 0 Å². The molecule has 6 nitrogen and oxygen atoms in total. The fourth-order valence-electron chi connectivity index (χ4n) is 2.93. The highest BCUT2D eigenvalue weighted by Crippen LogP contribution is 2.27. The maximum Gasteiger partial charge on any atom is 0.154 e. The Morgan fingerprint density at radius 3 is 2.69 bits per heavy atom. The molecule has 2 aromatic heterocycles. The lowest BCUT2D eigenvalue weighted by Crippen LogP contribution is -2.13. The smallest absolute Gasteiger partial charge is 0.154 e. The molecule has 2 heterocycles. The molecule has 26 heavy (non-hydrogen) atoms. The zero-order chi connectivity index (χ0) is 17.9. The first-order valence-electron chi connectivity index (χ1n) is 8.56. The summed E-state index contributed by atoms with van der Waals surface area (Å²) in [5.74, 6) is 7.68. The van der Waals surface area contributed by atoms with Gasteiger partial charge in [0.25, 0.3) is 0 Å². The molecule has 0 fully saturated rings. The highest BCUT2D eigenvalue weighted by Gasteiger charge is 2.13. The molecule has 0 spiro atoms. The fraction of sp³-hybridized carbons (Fsp3) is 0.200. The molecule has 2 N–H and O–H groups in total. The van der Waals surface area contributed by atoms with Crippen LogP contribution in [0.1, 0.15) is 18.3 Å². The van der Waals surface area contributed by atoms with E-state index in [4.69, 9.17) is 15.3 Å². The number of rotatable bonds is 6. The topological polar surface area (TPSA) is 75.2 Å². The summed E-state index contributed by atoms with van der Waals surface area (Å²) < 4.78 is 12.9. The second-order valence-electron chi connectivity index (χ2n) is 5.98. The number of imidazole rings is 1. The predicted octanol–water partition coefficient (Wildman–Crippen LogP) is 3.41. The molecule has 0 saturated heterocycles. The van der Waals surface area contributed by atoms with Crippen LogP contribution in [0.25, 0.3) is 21.9 Å². The Morgan fingerprint density at radius 2 is 1.88 bits per heavy atom. The number of nitrogens with two attached hydrogens (primary N) is 1. The Balaban J connectivity index is 1.66. The molecule has 0 atom stereocenters. The van der Waals surface area contributed by atoms with Crippen molar-refractivity contribution in [3.63, 3.8) is 0 Å². The van der Waals surface area contributed by atoms with E-state index in [0.29, 0.717) is 25.6 Å². The van der Waals surface area contributed by atoms with Crippen molar-refractivity contribution in [1.82, 2.24) is 14.6 Å². The maximum atomic E-state index is 6.23. The fourth-order valence-corrected chi connectivity index (χ4v) is 2.93. The Bertz CT molecular complexity index is 1040. The first-order chi connectivity index (χ1) is 12.8. The third-order valence-electron chi connectivity index (χ3n) is 4.24. The molecule has 4 rings (SSSR count). The zero-order valence-corrected chi connectivity index (χ0v) is 14.6. The number of ether oxygens (including phenoxy) is 2. The number of nitrogens with zero attached hydrogens (tertiary/aromatic N) is 3. The molecular weight excluding hydrogens is 328 g/mol. The molecule has 0 amide bonds. The van der Waals surface area contributed by atoms with Crippen LogP contribution in [-0.2, 0) is 18.0 Å². The second kappa shape index (κ2) is 7.01. The molecule has 0 aliphatic carbocycles. The Kier molecular flexibility index (Phi) is 4.41. The van der Waals surface area contributed by atoms with E-state index >= 15 is 0 Å². The van der Waals surface area contributed by atoms with E-state index in [0.717, 1.165) is 33.2 Å². The van der Waals surface area contributed by atoms with E-state index in [9.17, 15) is 0 Å². The van der Waals surface area contributed by atoms with Crippen molar-refractivity contribution < 1.29 is 9.47 Å². The Labute approximate surface area is 151 Å². The van der Waals surface area contributed by atoms with Gasteiger partial charge in [-0.05, 0) is 24.6 Å². The number of benzene rings is 2. The largest absolute Gasteiger partial charge is 0.489 e. The van der Waals surface area contributed by atoms with Crippen molar-refractivity contribution in [2.24, 2.45) is 0 Å². The van der Waals surface area contributed by atoms with Crippen LogP contribution in [0.4, 0.5) is 0 Å². The van der Waals surface area contributed by atoms with E-state index in [1.165, 1.54) is 0 Å². The van der Waals surface area contributed by atoms with Gasteiger partial charge in [0.15, 0.2) is 5.82 Å². The quantitative estimate of drug-likeness (QED) is 0.541. The van der Waals surface area contributed by atoms with Crippen LogP contribution in [-0.4, -0.2) is 21.3 Å². The molecule has 0 bridgehead atoms. The molecular formula is C20H20N4O2. The zero-order valence-electron chi connectivity index (χ0n) is 14.6. The summed E-state index contributed by atoms with van der Waals surface area (Å²) in [7, 11) is 0. The van der Waals surface area contributed by atoms with E-state index in [2.05, 4.69) is 9.97 Å². The van der Waals surface area contributed by atoms with Crippen LogP contribution in [0.2, 0.25) is 0 Å². The summed E-state index contributed by atoms with van der Waals surface area (Å²) in [5.41, 5.74) is 3.54. The van der Waals surface area contributed by atoms with Crippen molar-refractivity contribution >= 4 is 21.9 Å². The molecule has 0 saturated carbocycles. The van der Waals surface area contributed by atoms with Gasteiger partial charge in [0, 0.05) is 18.1 Å². The van der Waals surface area contributed by atoms with Crippen molar-refractivity contribution in [3.8, 4) is 5.75 Å². The van der Waals surface area contributed by atoms with Gasteiger partial charge in [-0.15, -0.1) is 0 Å². The lowest BCUT2D eigenvalue weighted by atomic mass is 10.2. The average molecular weight is 348 g/mol. The number of aromatic nitrogens is 3. The van der Waals surface area contributed by atoms with Crippen LogP contribution < -0.4 is 10.6 Å². The van der Waals surface area contributed by atoms with Crippen LogP contribution >= 0.6 is 0 Å².